The highest BCUT2D eigenvalue weighted by molar-refractivity contribution is 6.00. The van der Waals surface area contributed by atoms with E-state index < -0.39 is 29.7 Å². The van der Waals surface area contributed by atoms with Gasteiger partial charge in [0.1, 0.15) is 11.3 Å². The van der Waals surface area contributed by atoms with Gasteiger partial charge >= 0.3 is 12.1 Å². The molecule has 0 aliphatic carbocycles. The Hall–Kier alpha value is -3.08. The minimum Gasteiger partial charge on any atom is -0.449 e. The van der Waals surface area contributed by atoms with Crippen LogP contribution in [-0.4, -0.2) is 49.4 Å². The fourth-order valence-electron chi connectivity index (χ4n) is 3.17. The fourth-order valence-corrected chi connectivity index (χ4v) is 3.17. The van der Waals surface area contributed by atoms with Crippen molar-refractivity contribution in [2.24, 2.45) is 0 Å². The van der Waals surface area contributed by atoms with Crippen LogP contribution in [0.3, 0.4) is 0 Å². The van der Waals surface area contributed by atoms with Crippen molar-refractivity contribution in [1.82, 2.24) is 5.16 Å². The predicted octanol–water partition coefficient (Wildman–Crippen LogP) is 3.33. The van der Waals surface area contributed by atoms with E-state index in [0.717, 1.165) is 12.1 Å². The van der Waals surface area contributed by atoms with Gasteiger partial charge in [0.05, 0.1) is 35.8 Å². The molecule has 2 heterocycles. The Balaban J connectivity index is 1.80. The van der Waals surface area contributed by atoms with Gasteiger partial charge < -0.3 is 24.2 Å². The standard InChI is InChI=1S/C20H22F3N3O5/c1-11-17(12(2)31-25-11)19(28)30-13(3)18(27)24-15-10-14(20(21,22)23)4-5-16(15)26-6-8-29-9-7-26/h4-5,10,13H,6-9H2,1-3H3,(H,24,27). The van der Waals surface area contributed by atoms with Crippen molar-refractivity contribution in [3.63, 3.8) is 0 Å². The molecule has 1 aromatic carbocycles. The van der Waals surface area contributed by atoms with Gasteiger partial charge in [-0.15, -0.1) is 0 Å². The molecule has 1 amide bonds. The number of halogens is 3. The number of benzene rings is 1. The van der Waals surface area contributed by atoms with Crippen LogP contribution in [0.2, 0.25) is 0 Å². The summed E-state index contributed by atoms with van der Waals surface area (Å²) in [7, 11) is 0. The summed E-state index contributed by atoms with van der Waals surface area (Å²) >= 11 is 0. The van der Waals surface area contributed by atoms with Gasteiger partial charge in [-0.25, -0.2) is 4.79 Å². The molecular formula is C20H22F3N3O5. The largest absolute Gasteiger partial charge is 0.449 e. The van der Waals surface area contributed by atoms with Gasteiger partial charge in [0.15, 0.2) is 6.10 Å². The van der Waals surface area contributed by atoms with Crippen LogP contribution in [0.1, 0.15) is 34.3 Å². The van der Waals surface area contributed by atoms with Gasteiger partial charge in [-0.2, -0.15) is 13.2 Å². The van der Waals surface area contributed by atoms with E-state index in [2.05, 4.69) is 10.5 Å². The summed E-state index contributed by atoms with van der Waals surface area (Å²) in [4.78, 5) is 26.8. The number of amides is 1. The van der Waals surface area contributed by atoms with Crippen LogP contribution in [0.4, 0.5) is 24.5 Å². The SMILES string of the molecule is Cc1noc(C)c1C(=O)OC(C)C(=O)Nc1cc(C(F)(F)F)ccc1N1CCOCC1. The Morgan fingerprint density at radius 2 is 1.90 bits per heavy atom. The Morgan fingerprint density at radius 1 is 1.23 bits per heavy atom. The summed E-state index contributed by atoms with van der Waals surface area (Å²) in [6.07, 6.45) is -5.85. The molecule has 0 spiro atoms. The zero-order valence-corrected chi connectivity index (χ0v) is 17.2. The maximum atomic E-state index is 13.2. The summed E-state index contributed by atoms with van der Waals surface area (Å²) in [5, 5.41) is 6.12. The van der Waals surface area contributed by atoms with Gasteiger partial charge in [-0.05, 0) is 39.0 Å². The number of hydrogen-bond acceptors (Lipinski definition) is 7. The van der Waals surface area contributed by atoms with Crippen LogP contribution in [0, 0.1) is 13.8 Å². The van der Waals surface area contributed by atoms with Gasteiger partial charge in [-0.3, -0.25) is 4.79 Å². The number of rotatable bonds is 5. The Labute approximate surface area is 176 Å². The molecule has 1 N–H and O–H groups in total. The molecule has 31 heavy (non-hydrogen) atoms. The minimum atomic E-state index is -4.58. The average Bonchev–Trinajstić information content (AvgIpc) is 3.06. The number of morpholine rings is 1. The number of ether oxygens (including phenoxy) is 2. The van der Waals surface area contributed by atoms with E-state index in [1.807, 2.05) is 4.90 Å². The number of nitrogens with zero attached hydrogens (tertiary/aromatic N) is 2. The van der Waals surface area contributed by atoms with Crippen molar-refractivity contribution in [2.75, 3.05) is 36.5 Å². The van der Waals surface area contributed by atoms with Gasteiger partial charge in [0.25, 0.3) is 5.91 Å². The van der Waals surface area contributed by atoms with E-state index in [4.69, 9.17) is 14.0 Å². The lowest BCUT2D eigenvalue weighted by atomic mass is 10.1. The lowest BCUT2D eigenvalue weighted by molar-refractivity contribution is -0.137. The Bertz CT molecular complexity index is 948. The molecule has 1 fully saturated rings. The maximum Gasteiger partial charge on any atom is 0.416 e. The number of esters is 1. The van der Waals surface area contributed by atoms with Crippen LogP contribution >= 0.6 is 0 Å². The van der Waals surface area contributed by atoms with Gasteiger partial charge in [0.2, 0.25) is 0 Å². The van der Waals surface area contributed by atoms with Gasteiger partial charge in [-0.1, -0.05) is 5.16 Å². The summed E-state index contributed by atoms with van der Waals surface area (Å²) in [6.45, 7) is 6.16. The zero-order valence-electron chi connectivity index (χ0n) is 17.2. The first kappa shape index (κ1) is 22.6. The number of alkyl halides is 3. The summed E-state index contributed by atoms with van der Waals surface area (Å²) < 4.78 is 55.0. The van der Waals surface area contributed by atoms with Crippen molar-refractivity contribution in [1.29, 1.82) is 0 Å². The summed E-state index contributed by atoms with van der Waals surface area (Å²) in [5.74, 6) is -1.34. The molecule has 1 saturated heterocycles. The molecule has 0 saturated carbocycles. The van der Waals surface area contributed by atoms with Crippen LogP contribution < -0.4 is 10.2 Å². The van der Waals surface area contributed by atoms with Crippen molar-refractivity contribution in [2.45, 2.75) is 33.1 Å². The van der Waals surface area contributed by atoms with Crippen LogP contribution in [0.5, 0.6) is 0 Å². The van der Waals surface area contributed by atoms with Crippen LogP contribution in [-0.2, 0) is 20.4 Å². The molecule has 1 unspecified atom stereocenters. The van der Waals surface area contributed by atoms with Crippen LogP contribution in [0.15, 0.2) is 22.7 Å². The molecule has 3 rings (SSSR count). The molecule has 1 aromatic heterocycles. The highest BCUT2D eigenvalue weighted by Crippen LogP contribution is 2.36. The third-order valence-electron chi connectivity index (χ3n) is 4.82. The van der Waals surface area contributed by atoms with E-state index >= 15 is 0 Å². The predicted molar refractivity (Wildman–Crippen MR) is 104 cm³/mol. The first-order valence-corrected chi connectivity index (χ1v) is 9.56. The molecule has 1 aliphatic heterocycles. The zero-order chi connectivity index (χ0) is 22.8. The monoisotopic (exact) mass is 441 g/mol. The number of carbonyl (C=O) groups is 2. The summed E-state index contributed by atoms with van der Waals surface area (Å²) in [5.41, 5.74) is -0.0913. The third-order valence-corrected chi connectivity index (χ3v) is 4.82. The molecular weight excluding hydrogens is 419 g/mol. The lowest BCUT2D eigenvalue weighted by Crippen LogP contribution is -2.37. The van der Waals surface area contributed by atoms with Crippen molar-refractivity contribution >= 4 is 23.3 Å². The maximum absolute atomic E-state index is 13.2. The fraction of sp³-hybridized carbons (Fsp3) is 0.450. The normalized spacial score (nSPS) is 15.5. The average molecular weight is 441 g/mol. The number of anilines is 2. The molecule has 0 bridgehead atoms. The molecule has 1 atom stereocenters. The quantitative estimate of drug-likeness (QED) is 0.712. The molecule has 8 nitrogen and oxygen atoms in total. The number of hydrogen-bond donors (Lipinski definition) is 1. The van der Waals surface area contributed by atoms with Gasteiger partial charge in [0, 0.05) is 13.1 Å². The number of aromatic nitrogens is 1. The minimum absolute atomic E-state index is 0.0260. The number of aryl methyl sites for hydroxylation is 2. The second-order valence-electron chi connectivity index (χ2n) is 7.07. The van der Waals surface area contributed by atoms with Crippen LogP contribution in [0.25, 0.3) is 0 Å². The Kier molecular flexibility index (Phi) is 6.54. The van der Waals surface area contributed by atoms with E-state index in [1.54, 1.807) is 6.92 Å². The molecule has 168 valence electrons. The van der Waals surface area contributed by atoms with Crippen molar-refractivity contribution < 1.29 is 36.8 Å². The highest BCUT2D eigenvalue weighted by atomic mass is 19.4. The highest BCUT2D eigenvalue weighted by Gasteiger charge is 2.32. The second kappa shape index (κ2) is 8.96. The smallest absolute Gasteiger partial charge is 0.416 e. The van der Waals surface area contributed by atoms with E-state index in [0.29, 0.717) is 37.7 Å². The summed E-state index contributed by atoms with van der Waals surface area (Å²) in [6, 6.07) is 3.14. The van der Waals surface area contributed by atoms with E-state index in [9.17, 15) is 22.8 Å². The molecule has 11 heteroatoms. The Morgan fingerprint density at radius 3 is 2.48 bits per heavy atom. The lowest BCUT2D eigenvalue weighted by Gasteiger charge is -2.31. The first-order valence-electron chi connectivity index (χ1n) is 9.56. The first-order chi connectivity index (χ1) is 14.6. The molecule has 2 aromatic rings. The topological polar surface area (TPSA) is 93.9 Å². The van der Waals surface area contributed by atoms with Crippen molar-refractivity contribution in [3.05, 3.63) is 40.8 Å². The van der Waals surface area contributed by atoms with E-state index in [-0.39, 0.29) is 17.0 Å². The van der Waals surface area contributed by atoms with E-state index in [1.165, 1.54) is 19.9 Å². The molecule has 1 aliphatic rings. The second-order valence-corrected chi connectivity index (χ2v) is 7.07. The van der Waals surface area contributed by atoms with Crippen molar-refractivity contribution in [3.8, 4) is 0 Å². The number of nitrogens with one attached hydrogen (secondary N) is 1. The third kappa shape index (κ3) is 5.16. The number of carbonyl (C=O) groups excluding carboxylic acids is 2. The molecule has 0 radical (unpaired) electrons.